The van der Waals surface area contributed by atoms with E-state index >= 15 is 0 Å². The van der Waals surface area contributed by atoms with E-state index in [2.05, 4.69) is 15.3 Å². The van der Waals surface area contributed by atoms with Gasteiger partial charge in [0.2, 0.25) is 0 Å². The lowest BCUT2D eigenvalue weighted by Crippen LogP contribution is -2.27. The fraction of sp³-hybridized carbons (Fsp3) is 0.600. The van der Waals surface area contributed by atoms with E-state index in [0.717, 1.165) is 29.7 Å². The number of aromatic nitrogens is 3. The highest BCUT2D eigenvalue weighted by atomic mass is 16.5. The number of imidazole rings is 1. The Morgan fingerprint density at radius 1 is 1.29 bits per heavy atom. The van der Waals surface area contributed by atoms with Gasteiger partial charge in [0.05, 0.1) is 24.7 Å². The quantitative estimate of drug-likeness (QED) is 0.901. The van der Waals surface area contributed by atoms with Crippen LogP contribution < -0.4 is 5.32 Å². The predicted molar refractivity (Wildman–Crippen MR) is 79.0 cm³/mol. The van der Waals surface area contributed by atoms with E-state index in [4.69, 9.17) is 4.74 Å². The maximum Gasteiger partial charge on any atom is 0.164 e. The van der Waals surface area contributed by atoms with Gasteiger partial charge in [-0.25, -0.2) is 9.97 Å². The second-order valence-electron chi connectivity index (χ2n) is 5.93. The molecule has 2 N–H and O–H groups in total. The number of rotatable bonds is 4. The summed E-state index contributed by atoms with van der Waals surface area (Å²) in [6.45, 7) is 0.0744. The van der Waals surface area contributed by atoms with Crippen LogP contribution in [-0.2, 0) is 4.74 Å². The number of aliphatic hydroxyl groups is 1. The van der Waals surface area contributed by atoms with Crippen LogP contribution in [0.25, 0.3) is 11.2 Å². The Hall–Kier alpha value is -1.66. The highest BCUT2D eigenvalue weighted by molar-refractivity contribution is 5.85. The van der Waals surface area contributed by atoms with Crippen LogP contribution in [0.2, 0.25) is 0 Å². The van der Waals surface area contributed by atoms with Gasteiger partial charge in [-0.15, -0.1) is 0 Å². The number of fused-ring (bicyclic) bond motifs is 1. The minimum absolute atomic E-state index is 0.0660. The van der Waals surface area contributed by atoms with Crippen LogP contribution in [-0.4, -0.2) is 38.4 Å². The SMILES string of the molecule is OC[C@@H]1CC[C@H](n2cnc3c(NC4CCC4)ccnc32)O1. The van der Waals surface area contributed by atoms with Crippen LogP contribution in [0, 0.1) is 0 Å². The molecular weight excluding hydrogens is 268 g/mol. The average Bonchev–Trinajstić information content (AvgIpc) is 3.08. The summed E-state index contributed by atoms with van der Waals surface area (Å²) in [6.07, 6.45) is 9.01. The normalized spacial score (nSPS) is 26.1. The molecule has 2 aliphatic rings. The first-order chi connectivity index (χ1) is 10.3. The van der Waals surface area contributed by atoms with E-state index in [1.54, 1.807) is 6.33 Å². The van der Waals surface area contributed by atoms with Crippen LogP contribution >= 0.6 is 0 Å². The summed E-state index contributed by atoms with van der Waals surface area (Å²) in [5, 5.41) is 12.7. The van der Waals surface area contributed by atoms with E-state index in [1.807, 2.05) is 16.8 Å². The highest BCUT2D eigenvalue weighted by Crippen LogP contribution is 2.32. The first-order valence-corrected chi connectivity index (χ1v) is 7.69. The van der Waals surface area contributed by atoms with Crippen molar-refractivity contribution >= 4 is 16.9 Å². The standard InChI is InChI=1S/C15H20N4O2/c20-8-11-4-5-13(21-11)19-9-17-14-12(6-7-16-15(14)19)18-10-2-1-3-10/h6-7,9-11,13,20H,1-5,8H2,(H,16,18)/t11-,13+/m0/s1. The molecule has 0 bridgehead atoms. The van der Waals surface area contributed by atoms with Gasteiger partial charge in [0.1, 0.15) is 11.7 Å². The van der Waals surface area contributed by atoms with E-state index < -0.39 is 0 Å². The molecule has 2 fully saturated rings. The molecule has 2 aromatic rings. The first kappa shape index (κ1) is 13.0. The third kappa shape index (κ3) is 2.28. The summed E-state index contributed by atoms with van der Waals surface area (Å²) < 4.78 is 7.81. The Morgan fingerprint density at radius 3 is 2.90 bits per heavy atom. The number of ether oxygens (including phenoxy) is 1. The zero-order chi connectivity index (χ0) is 14.2. The van der Waals surface area contributed by atoms with Crippen LogP contribution in [0.4, 0.5) is 5.69 Å². The first-order valence-electron chi connectivity index (χ1n) is 7.69. The van der Waals surface area contributed by atoms with Gasteiger partial charge in [-0.2, -0.15) is 0 Å². The largest absolute Gasteiger partial charge is 0.394 e. The van der Waals surface area contributed by atoms with Crippen molar-refractivity contribution in [3.63, 3.8) is 0 Å². The molecule has 6 heteroatoms. The molecule has 2 atom stereocenters. The summed E-state index contributed by atoms with van der Waals surface area (Å²) in [4.78, 5) is 8.99. The number of nitrogens with one attached hydrogen (secondary N) is 1. The fourth-order valence-corrected chi connectivity index (χ4v) is 3.06. The van der Waals surface area contributed by atoms with Crippen molar-refractivity contribution in [3.8, 4) is 0 Å². The van der Waals surface area contributed by atoms with Gasteiger partial charge >= 0.3 is 0 Å². The van der Waals surface area contributed by atoms with Crippen molar-refractivity contribution in [1.29, 1.82) is 0 Å². The molecule has 1 aliphatic carbocycles. The van der Waals surface area contributed by atoms with Crippen molar-refractivity contribution < 1.29 is 9.84 Å². The van der Waals surface area contributed by atoms with Crippen LogP contribution in [0.15, 0.2) is 18.6 Å². The second kappa shape index (κ2) is 5.27. The summed E-state index contributed by atoms with van der Waals surface area (Å²) in [7, 11) is 0. The van der Waals surface area contributed by atoms with E-state index in [-0.39, 0.29) is 18.9 Å². The van der Waals surface area contributed by atoms with E-state index in [9.17, 15) is 5.11 Å². The third-order valence-electron chi connectivity index (χ3n) is 4.52. The zero-order valence-electron chi connectivity index (χ0n) is 11.9. The Balaban J connectivity index is 1.63. The van der Waals surface area contributed by atoms with Gasteiger partial charge in [0.25, 0.3) is 0 Å². The van der Waals surface area contributed by atoms with Gasteiger partial charge < -0.3 is 15.2 Å². The molecule has 0 radical (unpaired) electrons. The van der Waals surface area contributed by atoms with Gasteiger partial charge in [-0.1, -0.05) is 0 Å². The van der Waals surface area contributed by atoms with Crippen molar-refractivity contribution in [3.05, 3.63) is 18.6 Å². The number of anilines is 1. The number of nitrogens with zero attached hydrogens (tertiary/aromatic N) is 3. The molecule has 0 spiro atoms. The monoisotopic (exact) mass is 288 g/mol. The number of hydrogen-bond donors (Lipinski definition) is 2. The minimum Gasteiger partial charge on any atom is -0.394 e. The maximum absolute atomic E-state index is 9.20. The Labute approximate surface area is 123 Å². The third-order valence-corrected chi connectivity index (χ3v) is 4.52. The number of aliphatic hydroxyl groups excluding tert-OH is 1. The fourth-order valence-electron chi connectivity index (χ4n) is 3.06. The molecule has 0 aromatic carbocycles. The molecule has 0 amide bonds. The Morgan fingerprint density at radius 2 is 2.19 bits per heavy atom. The Kier molecular flexibility index (Phi) is 3.27. The molecule has 3 heterocycles. The van der Waals surface area contributed by atoms with Gasteiger partial charge in [-0.3, -0.25) is 4.57 Å². The molecule has 0 unspecified atom stereocenters. The van der Waals surface area contributed by atoms with Crippen LogP contribution in [0.3, 0.4) is 0 Å². The summed E-state index contributed by atoms with van der Waals surface area (Å²) in [5.41, 5.74) is 2.81. The number of hydrogen-bond acceptors (Lipinski definition) is 5. The van der Waals surface area contributed by atoms with Crippen LogP contribution in [0.1, 0.15) is 38.3 Å². The molecule has 2 aromatic heterocycles. The van der Waals surface area contributed by atoms with Crippen molar-refractivity contribution in [1.82, 2.24) is 14.5 Å². The number of pyridine rings is 1. The summed E-state index contributed by atoms with van der Waals surface area (Å²) >= 11 is 0. The molecule has 4 rings (SSSR count). The van der Waals surface area contributed by atoms with Crippen molar-refractivity contribution in [2.45, 2.75) is 50.5 Å². The highest BCUT2D eigenvalue weighted by Gasteiger charge is 2.28. The summed E-state index contributed by atoms with van der Waals surface area (Å²) in [6, 6.07) is 2.56. The smallest absolute Gasteiger partial charge is 0.164 e. The van der Waals surface area contributed by atoms with Gasteiger partial charge in [0, 0.05) is 12.2 Å². The predicted octanol–water partition coefficient (Wildman–Crippen LogP) is 2.07. The van der Waals surface area contributed by atoms with E-state index in [0.29, 0.717) is 6.04 Å². The molecule has 21 heavy (non-hydrogen) atoms. The van der Waals surface area contributed by atoms with Crippen LogP contribution in [0.5, 0.6) is 0 Å². The summed E-state index contributed by atoms with van der Waals surface area (Å²) in [5.74, 6) is 0. The zero-order valence-corrected chi connectivity index (χ0v) is 11.9. The average molecular weight is 288 g/mol. The molecule has 112 valence electrons. The van der Waals surface area contributed by atoms with Crippen molar-refractivity contribution in [2.24, 2.45) is 0 Å². The lowest BCUT2D eigenvalue weighted by molar-refractivity contribution is -0.0207. The molecule has 1 aliphatic heterocycles. The van der Waals surface area contributed by atoms with Gasteiger partial charge in [-0.05, 0) is 38.2 Å². The topological polar surface area (TPSA) is 72.2 Å². The second-order valence-corrected chi connectivity index (χ2v) is 5.93. The van der Waals surface area contributed by atoms with Gasteiger partial charge in [0.15, 0.2) is 5.65 Å². The lowest BCUT2D eigenvalue weighted by Gasteiger charge is -2.27. The minimum atomic E-state index is -0.0707. The lowest BCUT2D eigenvalue weighted by atomic mass is 9.93. The molecule has 6 nitrogen and oxygen atoms in total. The molecule has 1 saturated heterocycles. The molecular formula is C15H20N4O2. The van der Waals surface area contributed by atoms with E-state index in [1.165, 1.54) is 19.3 Å². The maximum atomic E-state index is 9.20. The Bertz CT molecular complexity index is 638. The molecule has 1 saturated carbocycles. The van der Waals surface area contributed by atoms with Crippen molar-refractivity contribution in [2.75, 3.05) is 11.9 Å².